The first kappa shape index (κ1) is 13.9. The van der Waals surface area contributed by atoms with Gasteiger partial charge in [0.2, 0.25) is 0 Å². The molecule has 0 aromatic heterocycles. The molecule has 0 aliphatic rings. The van der Waals surface area contributed by atoms with Crippen molar-refractivity contribution in [2.24, 2.45) is 0 Å². The Hall–Kier alpha value is -1.14. The molecule has 17 heavy (non-hydrogen) atoms. The first-order chi connectivity index (χ1) is 8.00. The predicted molar refractivity (Wildman–Crippen MR) is 62.3 cm³/mol. The van der Waals surface area contributed by atoms with Crippen molar-refractivity contribution in [2.45, 2.75) is 23.7 Å². The van der Waals surface area contributed by atoms with E-state index < -0.39 is 17.8 Å². The summed E-state index contributed by atoms with van der Waals surface area (Å²) in [6.07, 6.45) is -0.672. The standard InChI is InChI=1S/C11H13F2NO2S/c1-7(15)6-14-10(16)8-4-2-3-5-9(8)17-11(12)13/h2-5,7,11,15H,6H2,1H3,(H,14,16). The van der Waals surface area contributed by atoms with E-state index in [0.29, 0.717) is 11.8 Å². The molecule has 0 saturated heterocycles. The summed E-state index contributed by atoms with van der Waals surface area (Å²) >= 11 is 0.331. The van der Waals surface area contributed by atoms with Gasteiger partial charge >= 0.3 is 0 Å². The summed E-state index contributed by atoms with van der Waals surface area (Å²) in [5.41, 5.74) is 0.193. The molecule has 0 radical (unpaired) electrons. The Morgan fingerprint density at radius 1 is 1.47 bits per heavy atom. The van der Waals surface area contributed by atoms with Gasteiger partial charge in [0.25, 0.3) is 11.7 Å². The number of nitrogens with one attached hydrogen (secondary N) is 1. The van der Waals surface area contributed by atoms with Gasteiger partial charge in [0.15, 0.2) is 0 Å². The maximum atomic E-state index is 12.3. The van der Waals surface area contributed by atoms with Crippen LogP contribution in [0, 0.1) is 0 Å². The number of aliphatic hydroxyl groups excluding tert-OH is 1. The van der Waals surface area contributed by atoms with Crippen molar-refractivity contribution in [3.05, 3.63) is 29.8 Å². The van der Waals surface area contributed by atoms with E-state index in [2.05, 4.69) is 5.32 Å². The topological polar surface area (TPSA) is 49.3 Å². The molecular formula is C11H13F2NO2S. The molecule has 0 aliphatic heterocycles. The molecule has 1 unspecified atom stereocenters. The van der Waals surface area contributed by atoms with Gasteiger partial charge in [-0.25, -0.2) is 0 Å². The number of alkyl halides is 2. The van der Waals surface area contributed by atoms with Gasteiger partial charge in [-0.1, -0.05) is 23.9 Å². The minimum Gasteiger partial charge on any atom is -0.392 e. The van der Waals surface area contributed by atoms with E-state index in [0.717, 1.165) is 0 Å². The zero-order valence-electron chi connectivity index (χ0n) is 9.19. The Labute approximate surface area is 102 Å². The fourth-order valence-corrected chi connectivity index (χ4v) is 1.83. The van der Waals surface area contributed by atoms with E-state index in [1.54, 1.807) is 12.1 Å². The van der Waals surface area contributed by atoms with E-state index in [-0.39, 0.29) is 17.0 Å². The number of aliphatic hydroxyl groups is 1. The Balaban J connectivity index is 2.78. The number of amides is 1. The average Bonchev–Trinajstić information content (AvgIpc) is 2.25. The maximum Gasteiger partial charge on any atom is 0.288 e. The lowest BCUT2D eigenvalue weighted by molar-refractivity contribution is 0.0921. The second kappa shape index (κ2) is 6.56. The van der Waals surface area contributed by atoms with Crippen molar-refractivity contribution in [3.8, 4) is 0 Å². The van der Waals surface area contributed by atoms with E-state index in [9.17, 15) is 13.6 Å². The van der Waals surface area contributed by atoms with E-state index in [1.807, 2.05) is 0 Å². The number of rotatable bonds is 5. The fraction of sp³-hybridized carbons (Fsp3) is 0.364. The molecule has 6 heteroatoms. The highest BCUT2D eigenvalue weighted by molar-refractivity contribution is 7.99. The fourth-order valence-electron chi connectivity index (χ4n) is 1.19. The van der Waals surface area contributed by atoms with Crippen LogP contribution in [-0.2, 0) is 0 Å². The quantitative estimate of drug-likeness (QED) is 0.798. The van der Waals surface area contributed by atoms with Crippen LogP contribution in [0.3, 0.4) is 0 Å². The molecule has 1 atom stereocenters. The van der Waals surface area contributed by atoms with Crippen LogP contribution in [0.15, 0.2) is 29.2 Å². The number of carbonyl (C=O) groups is 1. The summed E-state index contributed by atoms with van der Waals surface area (Å²) in [7, 11) is 0. The summed E-state index contributed by atoms with van der Waals surface area (Å²) in [4.78, 5) is 11.9. The van der Waals surface area contributed by atoms with Crippen molar-refractivity contribution < 1.29 is 18.7 Å². The third-order valence-electron chi connectivity index (χ3n) is 1.91. The molecule has 0 fully saturated rings. The normalized spacial score (nSPS) is 12.5. The van der Waals surface area contributed by atoms with Gasteiger partial charge in [0, 0.05) is 11.4 Å². The largest absolute Gasteiger partial charge is 0.392 e. The van der Waals surface area contributed by atoms with Gasteiger partial charge in [-0.15, -0.1) is 0 Å². The molecule has 1 rings (SSSR count). The van der Waals surface area contributed by atoms with Crippen LogP contribution >= 0.6 is 11.8 Å². The highest BCUT2D eigenvalue weighted by Gasteiger charge is 2.14. The number of hydrogen-bond acceptors (Lipinski definition) is 3. The summed E-state index contributed by atoms with van der Waals surface area (Å²) in [5, 5.41) is 11.5. The third-order valence-corrected chi connectivity index (χ3v) is 2.69. The van der Waals surface area contributed by atoms with Crippen molar-refractivity contribution in [1.29, 1.82) is 0 Å². The molecule has 0 bridgehead atoms. The zero-order chi connectivity index (χ0) is 12.8. The molecule has 94 valence electrons. The van der Waals surface area contributed by atoms with Gasteiger partial charge in [0.05, 0.1) is 11.7 Å². The van der Waals surface area contributed by atoms with Gasteiger partial charge in [-0.2, -0.15) is 8.78 Å². The molecule has 0 aliphatic carbocycles. The maximum absolute atomic E-state index is 12.3. The summed E-state index contributed by atoms with van der Waals surface area (Å²) in [6.45, 7) is 1.62. The van der Waals surface area contributed by atoms with E-state index >= 15 is 0 Å². The van der Waals surface area contributed by atoms with Crippen molar-refractivity contribution in [1.82, 2.24) is 5.32 Å². The van der Waals surface area contributed by atoms with Gasteiger partial charge < -0.3 is 10.4 Å². The van der Waals surface area contributed by atoms with Crippen LogP contribution in [-0.4, -0.2) is 29.4 Å². The predicted octanol–water partition coefficient (Wildman–Crippen LogP) is 2.11. The highest BCUT2D eigenvalue weighted by atomic mass is 32.2. The zero-order valence-corrected chi connectivity index (χ0v) is 10.0. The molecule has 0 heterocycles. The second-order valence-corrected chi connectivity index (χ2v) is 4.47. The molecule has 0 spiro atoms. The van der Waals surface area contributed by atoms with Crippen LogP contribution in [0.2, 0.25) is 0 Å². The Bertz CT molecular complexity index is 385. The van der Waals surface area contributed by atoms with Crippen molar-refractivity contribution >= 4 is 17.7 Å². The molecule has 3 nitrogen and oxygen atoms in total. The Morgan fingerprint density at radius 3 is 2.71 bits per heavy atom. The Kier molecular flexibility index (Phi) is 5.37. The first-order valence-corrected chi connectivity index (χ1v) is 5.88. The summed E-state index contributed by atoms with van der Waals surface area (Å²) in [5.74, 6) is -3.03. The first-order valence-electron chi connectivity index (χ1n) is 5.01. The number of hydrogen-bond donors (Lipinski definition) is 2. The van der Waals surface area contributed by atoms with Crippen LogP contribution in [0.25, 0.3) is 0 Å². The van der Waals surface area contributed by atoms with Crippen LogP contribution in [0.1, 0.15) is 17.3 Å². The van der Waals surface area contributed by atoms with Crippen LogP contribution in [0.4, 0.5) is 8.78 Å². The lowest BCUT2D eigenvalue weighted by atomic mass is 10.2. The molecule has 1 amide bonds. The van der Waals surface area contributed by atoms with Gasteiger partial charge in [0.1, 0.15) is 0 Å². The smallest absolute Gasteiger partial charge is 0.288 e. The lowest BCUT2D eigenvalue weighted by Crippen LogP contribution is -2.30. The number of carbonyl (C=O) groups excluding carboxylic acids is 1. The number of halogens is 2. The molecule has 1 aromatic rings. The Morgan fingerprint density at radius 2 is 2.12 bits per heavy atom. The minimum atomic E-state index is -2.57. The van der Waals surface area contributed by atoms with Gasteiger partial charge in [-0.05, 0) is 19.1 Å². The lowest BCUT2D eigenvalue weighted by Gasteiger charge is -2.10. The number of thioether (sulfide) groups is 1. The average molecular weight is 261 g/mol. The second-order valence-electron chi connectivity index (χ2n) is 3.43. The third kappa shape index (κ3) is 4.70. The molecule has 0 saturated carbocycles. The minimum absolute atomic E-state index is 0.0898. The molecule has 2 N–H and O–H groups in total. The van der Waals surface area contributed by atoms with Gasteiger partial charge in [-0.3, -0.25) is 4.79 Å². The summed E-state index contributed by atoms with van der Waals surface area (Å²) < 4.78 is 24.5. The molecular weight excluding hydrogens is 248 g/mol. The van der Waals surface area contributed by atoms with E-state index in [1.165, 1.54) is 19.1 Å². The molecule has 1 aromatic carbocycles. The van der Waals surface area contributed by atoms with Crippen LogP contribution < -0.4 is 5.32 Å². The SMILES string of the molecule is CC(O)CNC(=O)c1ccccc1SC(F)F. The number of benzene rings is 1. The van der Waals surface area contributed by atoms with Crippen molar-refractivity contribution in [2.75, 3.05) is 6.54 Å². The van der Waals surface area contributed by atoms with Crippen molar-refractivity contribution in [3.63, 3.8) is 0 Å². The monoisotopic (exact) mass is 261 g/mol. The highest BCUT2D eigenvalue weighted by Crippen LogP contribution is 2.28. The summed E-state index contributed by atoms with van der Waals surface area (Å²) in [6, 6.07) is 6.14. The van der Waals surface area contributed by atoms with Crippen LogP contribution in [0.5, 0.6) is 0 Å². The van der Waals surface area contributed by atoms with E-state index in [4.69, 9.17) is 5.11 Å².